The van der Waals surface area contributed by atoms with E-state index in [2.05, 4.69) is 21.5 Å². The van der Waals surface area contributed by atoms with Gasteiger partial charge in [-0.15, -0.1) is 0 Å². The quantitative estimate of drug-likeness (QED) is 0.595. The topological polar surface area (TPSA) is 80.8 Å². The molecule has 1 fully saturated rings. The summed E-state index contributed by atoms with van der Waals surface area (Å²) in [5.41, 5.74) is 3.44. The molecule has 1 N–H and O–H groups in total. The molecule has 180 valence electrons. The van der Waals surface area contributed by atoms with Crippen molar-refractivity contribution >= 4 is 15.7 Å². The maximum absolute atomic E-state index is 13.1. The number of aromatic nitrogens is 1. The number of anilines is 1. The standard InChI is InChI=1S/C24H32FN3O4S/c1-3-28-11-8-18-16-23(24(31-2)26-22(18)9-12-28)27-33(29,30)21-6-4-17(5-7-21)19-14-20(15-19)32-13-10-25/h4-7,16,19-20,27H,3,8-15H2,1-2H3/t19-,20+. The van der Waals surface area contributed by atoms with Crippen LogP contribution in [-0.2, 0) is 27.6 Å². The molecule has 9 heteroatoms. The maximum Gasteiger partial charge on any atom is 0.262 e. The number of likely N-dealkylation sites (N-methyl/N-ethyl adjacent to an activating group) is 1. The molecule has 1 aromatic heterocycles. The van der Waals surface area contributed by atoms with E-state index in [0.29, 0.717) is 11.6 Å². The van der Waals surface area contributed by atoms with Crippen LogP contribution in [0.15, 0.2) is 35.2 Å². The second-order valence-electron chi connectivity index (χ2n) is 8.61. The minimum atomic E-state index is -3.80. The molecule has 0 radical (unpaired) electrons. The zero-order valence-electron chi connectivity index (χ0n) is 19.2. The van der Waals surface area contributed by atoms with E-state index in [4.69, 9.17) is 9.47 Å². The van der Waals surface area contributed by atoms with Crippen LogP contribution in [0.2, 0.25) is 0 Å². The lowest BCUT2D eigenvalue weighted by atomic mass is 9.77. The van der Waals surface area contributed by atoms with Gasteiger partial charge in [0.25, 0.3) is 10.0 Å². The number of halogens is 1. The summed E-state index contributed by atoms with van der Waals surface area (Å²) in [5, 5.41) is 0. The van der Waals surface area contributed by atoms with Crippen molar-refractivity contribution in [3.05, 3.63) is 47.2 Å². The van der Waals surface area contributed by atoms with Crippen molar-refractivity contribution < 1.29 is 22.3 Å². The van der Waals surface area contributed by atoms with Crippen LogP contribution in [0.25, 0.3) is 0 Å². The number of rotatable bonds is 9. The van der Waals surface area contributed by atoms with Crippen molar-refractivity contribution in [1.29, 1.82) is 0 Å². The first-order valence-corrected chi connectivity index (χ1v) is 13.0. The Hall–Kier alpha value is -2.23. The molecule has 1 aliphatic carbocycles. The first-order valence-electron chi connectivity index (χ1n) is 11.5. The largest absolute Gasteiger partial charge is 0.479 e. The predicted octanol–water partition coefficient (Wildman–Crippen LogP) is 3.54. The Morgan fingerprint density at radius 2 is 1.91 bits per heavy atom. The molecule has 0 atom stereocenters. The molecule has 33 heavy (non-hydrogen) atoms. The number of alkyl halides is 1. The van der Waals surface area contributed by atoms with E-state index >= 15 is 0 Å². The summed E-state index contributed by atoms with van der Waals surface area (Å²) in [6, 6.07) is 8.79. The number of methoxy groups -OCH3 is 1. The molecule has 1 aromatic carbocycles. The van der Waals surface area contributed by atoms with Gasteiger partial charge in [-0.3, -0.25) is 4.72 Å². The third-order valence-electron chi connectivity index (χ3n) is 6.59. The molecule has 2 aromatic rings. The molecule has 0 unspecified atom stereocenters. The van der Waals surface area contributed by atoms with Gasteiger partial charge >= 0.3 is 0 Å². The number of nitrogens with zero attached hydrogens (tertiary/aromatic N) is 2. The summed E-state index contributed by atoms with van der Waals surface area (Å²) < 4.78 is 51.9. The molecule has 7 nitrogen and oxygen atoms in total. The third-order valence-corrected chi connectivity index (χ3v) is 7.97. The normalized spacial score (nSPS) is 21.1. The first kappa shape index (κ1) is 23.9. The van der Waals surface area contributed by atoms with Crippen molar-refractivity contribution in [3.63, 3.8) is 0 Å². The van der Waals surface area contributed by atoms with E-state index in [9.17, 15) is 12.8 Å². The van der Waals surface area contributed by atoms with E-state index < -0.39 is 16.7 Å². The van der Waals surface area contributed by atoms with Gasteiger partial charge in [-0.2, -0.15) is 0 Å². The zero-order valence-corrected chi connectivity index (χ0v) is 20.0. The number of fused-ring (bicyclic) bond motifs is 1. The molecule has 0 amide bonds. The van der Waals surface area contributed by atoms with Crippen LogP contribution in [0.5, 0.6) is 5.88 Å². The van der Waals surface area contributed by atoms with Crippen molar-refractivity contribution in [3.8, 4) is 5.88 Å². The molecular weight excluding hydrogens is 445 g/mol. The van der Waals surface area contributed by atoms with Crippen molar-refractivity contribution in [2.24, 2.45) is 0 Å². The van der Waals surface area contributed by atoms with Gasteiger partial charge in [-0.1, -0.05) is 19.1 Å². The molecule has 1 saturated carbocycles. The highest BCUT2D eigenvalue weighted by atomic mass is 32.2. The van der Waals surface area contributed by atoms with Gasteiger partial charge in [0.2, 0.25) is 5.88 Å². The lowest BCUT2D eigenvalue weighted by molar-refractivity contribution is -0.0153. The number of sulfonamides is 1. The van der Waals surface area contributed by atoms with E-state index in [1.54, 1.807) is 12.1 Å². The fraction of sp³-hybridized carbons (Fsp3) is 0.542. The summed E-state index contributed by atoms with van der Waals surface area (Å²) in [6.45, 7) is 4.64. The van der Waals surface area contributed by atoms with Gasteiger partial charge < -0.3 is 14.4 Å². The monoisotopic (exact) mass is 477 g/mol. The number of benzene rings is 1. The highest BCUT2D eigenvalue weighted by molar-refractivity contribution is 7.92. The molecule has 2 heterocycles. The smallest absolute Gasteiger partial charge is 0.262 e. The summed E-state index contributed by atoms with van der Waals surface area (Å²) in [5.74, 6) is 0.601. The van der Waals surface area contributed by atoms with Crippen LogP contribution in [0.3, 0.4) is 0 Å². The number of nitrogens with one attached hydrogen (secondary N) is 1. The Labute approximate surface area is 195 Å². The molecule has 1 aliphatic heterocycles. The van der Waals surface area contributed by atoms with Gasteiger partial charge in [-0.25, -0.2) is 17.8 Å². The fourth-order valence-electron chi connectivity index (χ4n) is 4.51. The molecule has 2 aliphatic rings. The van der Waals surface area contributed by atoms with Crippen molar-refractivity contribution in [1.82, 2.24) is 9.88 Å². The molecule has 4 rings (SSSR count). The summed E-state index contributed by atoms with van der Waals surface area (Å²) in [4.78, 5) is 7.15. The van der Waals surface area contributed by atoms with Crippen molar-refractivity contribution in [2.75, 3.05) is 44.7 Å². The van der Waals surface area contributed by atoms with E-state index in [0.717, 1.165) is 62.1 Å². The Morgan fingerprint density at radius 3 is 2.58 bits per heavy atom. The van der Waals surface area contributed by atoms with Gasteiger partial charge in [0.15, 0.2) is 0 Å². The Bertz CT molecular complexity index is 1060. The Kier molecular flexibility index (Phi) is 7.51. The second kappa shape index (κ2) is 10.4. The molecule has 0 bridgehead atoms. The van der Waals surface area contributed by atoms with Gasteiger partial charge in [-0.05, 0) is 61.1 Å². The van der Waals surface area contributed by atoms with E-state index in [-0.39, 0.29) is 23.5 Å². The zero-order chi connectivity index (χ0) is 23.4. The summed E-state index contributed by atoms with van der Waals surface area (Å²) >= 11 is 0. The van der Waals surface area contributed by atoms with Gasteiger partial charge in [0, 0.05) is 25.2 Å². The minimum absolute atomic E-state index is 0.0911. The third kappa shape index (κ3) is 5.47. The first-order chi connectivity index (χ1) is 15.9. The lowest BCUT2D eigenvalue weighted by Crippen LogP contribution is -2.30. The van der Waals surface area contributed by atoms with Gasteiger partial charge in [0.1, 0.15) is 12.4 Å². The highest BCUT2D eigenvalue weighted by Crippen LogP contribution is 2.39. The van der Waals surface area contributed by atoms with E-state index in [1.807, 2.05) is 18.2 Å². The summed E-state index contributed by atoms with van der Waals surface area (Å²) in [6.07, 6.45) is 3.39. The van der Waals surface area contributed by atoms with E-state index in [1.165, 1.54) is 7.11 Å². The predicted molar refractivity (Wildman–Crippen MR) is 125 cm³/mol. The van der Waals surface area contributed by atoms with Crippen LogP contribution in [0, 0.1) is 0 Å². The fourth-order valence-corrected chi connectivity index (χ4v) is 5.56. The Balaban J connectivity index is 1.47. The average molecular weight is 478 g/mol. The number of ether oxygens (including phenoxy) is 2. The van der Waals surface area contributed by atoms with Crippen LogP contribution >= 0.6 is 0 Å². The summed E-state index contributed by atoms with van der Waals surface area (Å²) in [7, 11) is -2.30. The van der Waals surface area contributed by atoms with Crippen LogP contribution in [0.4, 0.5) is 10.1 Å². The number of hydrogen-bond acceptors (Lipinski definition) is 6. The maximum atomic E-state index is 13.1. The lowest BCUT2D eigenvalue weighted by Gasteiger charge is -2.35. The van der Waals surface area contributed by atoms with Crippen molar-refractivity contribution in [2.45, 2.75) is 49.5 Å². The van der Waals surface area contributed by atoms with Crippen LogP contribution in [0.1, 0.15) is 42.5 Å². The Morgan fingerprint density at radius 1 is 1.18 bits per heavy atom. The van der Waals surface area contributed by atoms with Crippen LogP contribution in [-0.4, -0.2) is 64.4 Å². The van der Waals surface area contributed by atoms with Crippen LogP contribution < -0.4 is 9.46 Å². The average Bonchev–Trinajstić information content (AvgIpc) is 2.99. The molecule has 0 saturated heterocycles. The molecule has 0 spiro atoms. The van der Waals surface area contributed by atoms with Gasteiger partial charge in [0.05, 0.1) is 24.7 Å². The second-order valence-corrected chi connectivity index (χ2v) is 10.3. The minimum Gasteiger partial charge on any atom is -0.479 e. The number of hydrogen-bond donors (Lipinski definition) is 1. The number of pyridine rings is 1. The SMILES string of the molecule is CCN1CCc2cc(NS(=O)(=O)c3ccc([C@H]4C[C@@H](OCCF)C4)cc3)c(OC)nc2CC1. The highest BCUT2D eigenvalue weighted by Gasteiger charge is 2.31. The molecular formula is C24H32FN3O4S.